The van der Waals surface area contributed by atoms with Crippen molar-refractivity contribution in [3.05, 3.63) is 126 Å². The fourth-order valence-corrected chi connectivity index (χ4v) is 6.64. The number of aryl methyl sites for hydroxylation is 1. The molecular formula is C38H39N3+2. The fraction of sp³-hybridized carbons (Fsp3) is 0.263. The molecule has 0 saturated heterocycles. The number of hydrogen-bond acceptors (Lipinski definition) is 1. The van der Waals surface area contributed by atoms with Crippen molar-refractivity contribution in [3.63, 3.8) is 0 Å². The van der Waals surface area contributed by atoms with Crippen molar-refractivity contribution >= 4 is 17.2 Å². The summed E-state index contributed by atoms with van der Waals surface area (Å²) in [7, 11) is 2.15. The average Bonchev–Trinajstić information content (AvgIpc) is 3.28. The minimum Gasteiger partial charge on any atom is -0.215 e. The van der Waals surface area contributed by atoms with E-state index in [1.165, 1.54) is 62.0 Å². The molecule has 3 aromatic carbocycles. The third-order valence-electron chi connectivity index (χ3n) is 8.86. The number of aromatic nitrogens is 2. The summed E-state index contributed by atoms with van der Waals surface area (Å²) in [4.78, 5) is 2.51. The standard InChI is InChI=1S/C38H39N3/c1-37(2,3)25-22-26(38(4,5)6)24-27(23-25)40-33-19-12-16-30(31-17-10-11-21-39(31)7)35(33)36-29-15-9-8-14-28(29)32-18-13-20-34(40)41(32)36/h8-24,36H,1-7H3/q+2. The molecule has 2 aliphatic heterocycles. The van der Waals surface area contributed by atoms with Gasteiger partial charge in [0.1, 0.15) is 24.1 Å². The topological polar surface area (TPSA) is 11.0 Å². The molecule has 41 heavy (non-hydrogen) atoms. The number of rotatable bonds is 2. The van der Waals surface area contributed by atoms with Gasteiger partial charge in [-0.2, -0.15) is 4.90 Å². The quantitative estimate of drug-likeness (QED) is 0.201. The van der Waals surface area contributed by atoms with Crippen LogP contribution in [-0.2, 0) is 17.9 Å². The summed E-state index contributed by atoms with van der Waals surface area (Å²) in [6.07, 6.45) is 2.15. The van der Waals surface area contributed by atoms with Gasteiger partial charge >= 0.3 is 0 Å². The van der Waals surface area contributed by atoms with Crippen LogP contribution in [0.5, 0.6) is 0 Å². The highest BCUT2D eigenvalue weighted by atomic mass is 15.3. The lowest BCUT2D eigenvalue weighted by molar-refractivity contribution is -0.677. The molecule has 0 amide bonds. The van der Waals surface area contributed by atoms with Gasteiger partial charge in [0.2, 0.25) is 5.69 Å². The Morgan fingerprint density at radius 2 is 1.27 bits per heavy atom. The van der Waals surface area contributed by atoms with Gasteiger partial charge in [0.05, 0.1) is 11.1 Å². The summed E-state index contributed by atoms with van der Waals surface area (Å²) in [5.74, 6) is 1.21. The monoisotopic (exact) mass is 537 g/mol. The van der Waals surface area contributed by atoms with Crippen molar-refractivity contribution < 1.29 is 9.13 Å². The molecule has 4 heterocycles. The lowest BCUT2D eigenvalue weighted by atomic mass is 9.80. The van der Waals surface area contributed by atoms with E-state index in [-0.39, 0.29) is 16.9 Å². The Morgan fingerprint density at radius 1 is 0.634 bits per heavy atom. The molecule has 204 valence electrons. The zero-order chi connectivity index (χ0) is 28.7. The van der Waals surface area contributed by atoms with Crippen molar-refractivity contribution in [3.8, 4) is 22.5 Å². The van der Waals surface area contributed by atoms with Crippen LogP contribution in [0.1, 0.15) is 69.8 Å². The first kappa shape index (κ1) is 25.7. The maximum absolute atomic E-state index is 2.57. The molecule has 7 rings (SSSR count). The van der Waals surface area contributed by atoms with Crippen molar-refractivity contribution in [2.45, 2.75) is 58.4 Å². The number of fused-ring (bicyclic) bond motifs is 5. The van der Waals surface area contributed by atoms with Gasteiger partial charge in [-0.25, -0.2) is 9.13 Å². The van der Waals surface area contributed by atoms with E-state index in [1.807, 2.05) is 0 Å². The van der Waals surface area contributed by atoms with Gasteiger partial charge in [-0.3, -0.25) is 0 Å². The van der Waals surface area contributed by atoms with Crippen LogP contribution in [0.25, 0.3) is 22.5 Å². The molecule has 0 spiro atoms. The molecule has 0 aliphatic carbocycles. The molecule has 2 aromatic heterocycles. The van der Waals surface area contributed by atoms with Crippen molar-refractivity contribution in [1.82, 2.24) is 0 Å². The highest BCUT2D eigenvalue weighted by molar-refractivity contribution is 5.85. The third kappa shape index (κ3) is 3.94. The van der Waals surface area contributed by atoms with E-state index in [1.54, 1.807) is 0 Å². The van der Waals surface area contributed by atoms with Crippen LogP contribution in [0, 0.1) is 0 Å². The predicted molar refractivity (Wildman–Crippen MR) is 168 cm³/mol. The maximum Gasteiger partial charge on any atom is 0.288 e. The van der Waals surface area contributed by atoms with Crippen LogP contribution in [0.4, 0.5) is 17.2 Å². The number of hydrogen-bond donors (Lipinski definition) is 0. The fourth-order valence-electron chi connectivity index (χ4n) is 6.64. The van der Waals surface area contributed by atoms with Gasteiger partial charge in [-0.1, -0.05) is 77.9 Å². The summed E-state index contributed by atoms with van der Waals surface area (Å²) in [6, 6.07) is 36.4. The Balaban J connectivity index is 1.60. The van der Waals surface area contributed by atoms with Crippen LogP contribution in [-0.4, -0.2) is 0 Å². The molecule has 1 atom stereocenters. The lowest BCUT2D eigenvalue weighted by Crippen LogP contribution is -2.47. The molecule has 2 aliphatic rings. The van der Waals surface area contributed by atoms with Crippen molar-refractivity contribution in [2.24, 2.45) is 7.05 Å². The normalized spacial score (nSPS) is 15.4. The number of nitrogens with zero attached hydrogens (tertiary/aromatic N) is 3. The molecule has 1 unspecified atom stereocenters. The van der Waals surface area contributed by atoms with E-state index in [2.05, 4.69) is 166 Å². The van der Waals surface area contributed by atoms with E-state index in [0.717, 1.165) is 0 Å². The first-order valence-corrected chi connectivity index (χ1v) is 14.7. The highest BCUT2D eigenvalue weighted by Gasteiger charge is 2.47. The Kier molecular flexibility index (Phi) is 5.57. The lowest BCUT2D eigenvalue weighted by Gasteiger charge is -2.32. The summed E-state index contributed by atoms with van der Waals surface area (Å²) in [6.45, 7) is 13.9. The van der Waals surface area contributed by atoms with Gasteiger partial charge in [-0.15, -0.1) is 0 Å². The van der Waals surface area contributed by atoms with Gasteiger partial charge in [0.25, 0.3) is 5.82 Å². The first-order chi connectivity index (χ1) is 19.5. The average molecular weight is 538 g/mol. The molecule has 3 nitrogen and oxygen atoms in total. The smallest absolute Gasteiger partial charge is 0.215 e. The first-order valence-electron chi connectivity index (χ1n) is 14.7. The molecule has 3 heteroatoms. The predicted octanol–water partition coefficient (Wildman–Crippen LogP) is 8.46. The minimum absolute atomic E-state index is 0.0266. The minimum atomic E-state index is 0.0266. The third-order valence-corrected chi connectivity index (χ3v) is 8.86. The molecule has 5 aromatic rings. The molecule has 0 radical (unpaired) electrons. The molecule has 0 N–H and O–H groups in total. The zero-order valence-corrected chi connectivity index (χ0v) is 25.2. The largest absolute Gasteiger partial charge is 0.288 e. The summed E-state index contributed by atoms with van der Waals surface area (Å²) >= 11 is 0. The van der Waals surface area contributed by atoms with E-state index >= 15 is 0 Å². The summed E-state index contributed by atoms with van der Waals surface area (Å²) < 4.78 is 4.81. The molecular weight excluding hydrogens is 498 g/mol. The molecule has 0 saturated carbocycles. The zero-order valence-electron chi connectivity index (χ0n) is 25.2. The highest BCUT2D eigenvalue weighted by Crippen LogP contribution is 2.52. The Bertz CT molecular complexity index is 1800. The molecule has 0 fully saturated rings. The van der Waals surface area contributed by atoms with Gasteiger partial charge in [0, 0.05) is 29.3 Å². The number of pyridine rings is 2. The second kappa shape index (κ2) is 8.88. The van der Waals surface area contributed by atoms with Crippen LogP contribution >= 0.6 is 0 Å². The van der Waals surface area contributed by atoms with E-state index in [9.17, 15) is 0 Å². The van der Waals surface area contributed by atoms with Crippen LogP contribution in [0.15, 0.2) is 103 Å². The number of benzene rings is 3. The van der Waals surface area contributed by atoms with Crippen LogP contribution in [0.3, 0.4) is 0 Å². The van der Waals surface area contributed by atoms with Crippen molar-refractivity contribution in [2.75, 3.05) is 4.90 Å². The number of anilines is 3. The maximum atomic E-state index is 2.57. The summed E-state index contributed by atoms with van der Waals surface area (Å²) in [5.41, 5.74) is 13.0. The second-order valence-electron chi connectivity index (χ2n) is 13.7. The summed E-state index contributed by atoms with van der Waals surface area (Å²) in [5, 5.41) is 0. The van der Waals surface area contributed by atoms with Gasteiger partial charge in [0.15, 0.2) is 12.2 Å². The SMILES string of the molecule is C[n+]1ccccc1-c1cccc2c1C1c3ccccc3-c3cccc([n+]31)N2c1cc(C(C)(C)C)cc(C(C)(C)C)c1. The Hall–Kier alpha value is -4.24. The van der Waals surface area contributed by atoms with Gasteiger partial charge < -0.3 is 0 Å². The van der Waals surface area contributed by atoms with Crippen LogP contribution < -0.4 is 14.0 Å². The Morgan fingerprint density at radius 3 is 1.98 bits per heavy atom. The van der Waals surface area contributed by atoms with Crippen molar-refractivity contribution in [1.29, 1.82) is 0 Å². The van der Waals surface area contributed by atoms with E-state index in [4.69, 9.17) is 0 Å². The van der Waals surface area contributed by atoms with E-state index < -0.39 is 0 Å². The van der Waals surface area contributed by atoms with E-state index in [0.29, 0.717) is 0 Å². The molecule has 0 bridgehead atoms. The Labute approximate surface area is 244 Å². The second-order valence-corrected chi connectivity index (χ2v) is 13.7. The van der Waals surface area contributed by atoms with Gasteiger partial charge in [-0.05, 0) is 64.4 Å². The van der Waals surface area contributed by atoms with Crippen LogP contribution in [0.2, 0.25) is 0 Å².